The molecular weight excluding hydrogens is 162 g/mol. The number of hydrogen-bond donors (Lipinski definition) is 2. The standard InChI is InChI=1S/C7H15NO4/c1-11-3-2-4-12-5-6(8)7(9)10/h6H,2-5,8H2,1H3,(H,9,10). The van der Waals surface area contributed by atoms with Crippen LogP contribution in [0.5, 0.6) is 0 Å². The Bertz CT molecular complexity index is 129. The first kappa shape index (κ1) is 11.4. The molecule has 0 aliphatic rings. The fourth-order valence-corrected chi connectivity index (χ4v) is 0.587. The molecule has 3 N–H and O–H groups in total. The van der Waals surface area contributed by atoms with E-state index < -0.39 is 12.0 Å². The zero-order chi connectivity index (χ0) is 9.40. The first-order valence-corrected chi connectivity index (χ1v) is 3.73. The summed E-state index contributed by atoms with van der Waals surface area (Å²) in [6.45, 7) is 1.15. The van der Waals surface area contributed by atoms with E-state index in [0.29, 0.717) is 13.2 Å². The molecule has 0 saturated carbocycles. The first-order chi connectivity index (χ1) is 5.68. The number of methoxy groups -OCH3 is 1. The third-order valence-electron chi connectivity index (χ3n) is 1.25. The number of nitrogens with two attached hydrogens (primary N) is 1. The van der Waals surface area contributed by atoms with Gasteiger partial charge in [-0.05, 0) is 6.42 Å². The van der Waals surface area contributed by atoms with Gasteiger partial charge in [-0.1, -0.05) is 0 Å². The molecule has 5 nitrogen and oxygen atoms in total. The Kier molecular flexibility index (Phi) is 6.64. The van der Waals surface area contributed by atoms with Gasteiger partial charge in [0.2, 0.25) is 0 Å². The molecule has 0 spiro atoms. The summed E-state index contributed by atoms with van der Waals surface area (Å²) in [5.41, 5.74) is 5.18. The summed E-state index contributed by atoms with van der Waals surface area (Å²) in [7, 11) is 1.60. The highest BCUT2D eigenvalue weighted by atomic mass is 16.5. The van der Waals surface area contributed by atoms with E-state index in [4.69, 9.17) is 20.3 Å². The molecule has 5 heteroatoms. The van der Waals surface area contributed by atoms with Gasteiger partial charge in [-0.3, -0.25) is 4.79 Å². The molecule has 0 rings (SSSR count). The Morgan fingerprint density at radius 1 is 1.58 bits per heavy atom. The number of carboxylic acid groups (broad SMARTS) is 1. The maximum atomic E-state index is 10.2. The molecule has 0 aromatic rings. The molecule has 1 unspecified atom stereocenters. The van der Waals surface area contributed by atoms with Crippen LogP contribution in [0.3, 0.4) is 0 Å². The van der Waals surface area contributed by atoms with Crippen molar-refractivity contribution in [2.75, 3.05) is 26.9 Å². The number of carboxylic acids is 1. The van der Waals surface area contributed by atoms with Crippen LogP contribution in [0.2, 0.25) is 0 Å². The third kappa shape index (κ3) is 6.09. The van der Waals surface area contributed by atoms with Gasteiger partial charge in [0.25, 0.3) is 0 Å². The average molecular weight is 177 g/mol. The molecule has 0 saturated heterocycles. The van der Waals surface area contributed by atoms with Crippen LogP contribution in [-0.4, -0.2) is 44.0 Å². The monoisotopic (exact) mass is 177 g/mol. The number of rotatable bonds is 7. The minimum absolute atomic E-state index is 0.0546. The zero-order valence-electron chi connectivity index (χ0n) is 7.16. The Morgan fingerprint density at radius 3 is 2.75 bits per heavy atom. The van der Waals surface area contributed by atoms with Gasteiger partial charge in [-0.25, -0.2) is 0 Å². The molecule has 1 atom stereocenters. The Hall–Kier alpha value is -0.650. The van der Waals surface area contributed by atoms with Crippen LogP contribution in [0.1, 0.15) is 6.42 Å². The largest absolute Gasteiger partial charge is 0.480 e. The second kappa shape index (κ2) is 7.02. The molecule has 0 heterocycles. The number of aliphatic carboxylic acids is 1. The first-order valence-electron chi connectivity index (χ1n) is 3.73. The number of ether oxygens (including phenoxy) is 2. The highest BCUT2D eigenvalue weighted by Crippen LogP contribution is 1.86. The predicted octanol–water partition coefficient (Wildman–Crippen LogP) is -0.549. The topological polar surface area (TPSA) is 81.8 Å². The molecule has 0 fully saturated rings. The molecule has 0 aromatic heterocycles. The summed E-state index contributed by atoms with van der Waals surface area (Å²) in [6.07, 6.45) is 0.753. The molecule has 0 aliphatic carbocycles. The van der Waals surface area contributed by atoms with Crippen LogP contribution in [0, 0.1) is 0 Å². The van der Waals surface area contributed by atoms with Gasteiger partial charge in [0.15, 0.2) is 0 Å². The Labute approximate surface area is 71.5 Å². The fraction of sp³-hybridized carbons (Fsp3) is 0.857. The van der Waals surface area contributed by atoms with Crippen LogP contribution in [0.25, 0.3) is 0 Å². The lowest BCUT2D eigenvalue weighted by molar-refractivity contribution is -0.140. The maximum absolute atomic E-state index is 10.2. The van der Waals surface area contributed by atoms with Gasteiger partial charge >= 0.3 is 5.97 Å². The van der Waals surface area contributed by atoms with E-state index in [-0.39, 0.29) is 6.61 Å². The van der Waals surface area contributed by atoms with E-state index in [9.17, 15) is 4.79 Å². The van der Waals surface area contributed by atoms with E-state index in [1.807, 2.05) is 0 Å². The van der Waals surface area contributed by atoms with Crippen molar-refractivity contribution in [3.05, 3.63) is 0 Å². The summed E-state index contributed by atoms with van der Waals surface area (Å²) in [4.78, 5) is 10.2. The lowest BCUT2D eigenvalue weighted by Crippen LogP contribution is -2.35. The van der Waals surface area contributed by atoms with Crippen molar-refractivity contribution in [2.45, 2.75) is 12.5 Å². The lowest BCUT2D eigenvalue weighted by atomic mass is 10.3. The van der Waals surface area contributed by atoms with Crippen LogP contribution < -0.4 is 5.73 Å². The van der Waals surface area contributed by atoms with Crippen molar-refractivity contribution < 1.29 is 19.4 Å². The van der Waals surface area contributed by atoms with E-state index >= 15 is 0 Å². The van der Waals surface area contributed by atoms with Gasteiger partial charge < -0.3 is 20.3 Å². The van der Waals surface area contributed by atoms with Crippen molar-refractivity contribution in [1.29, 1.82) is 0 Å². The maximum Gasteiger partial charge on any atom is 0.322 e. The van der Waals surface area contributed by atoms with E-state index in [1.54, 1.807) is 7.11 Å². The molecule has 0 bridgehead atoms. The van der Waals surface area contributed by atoms with Gasteiger partial charge in [-0.2, -0.15) is 0 Å². The lowest BCUT2D eigenvalue weighted by Gasteiger charge is -2.06. The highest BCUT2D eigenvalue weighted by Gasteiger charge is 2.10. The van der Waals surface area contributed by atoms with Crippen LogP contribution in [0.4, 0.5) is 0 Å². The summed E-state index contributed by atoms with van der Waals surface area (Å²) in [6, 6.07) is -0.924. The van der Waals surface area contributed by atoms with E-state index in [1.165, 1.54) is 0 Å². The minimum atomic E-state index is -1.04. The number of carbonyl (C=O) groups is 1. The SMILES string of the molecule is COCCCOCC(N)C(=O)O. The summed E-state index contributed by atoms with van der Waals surface area (Å²) in [5.74, 6) is -1.04. The van der Waals surface area contributed by atoms with Crippen molar-refractivity contribution in [1.82, 2.24) is 0 Å². The van der Waals surface area contributed by atoms with Crippen molar-refractivity contribution in [3.63, 3.8) is 0 Å². The smallest absolute Gasteiger partial charge is 0.322 e. The molecule has 72 valence electrons. The molecule has 0 aromatic carbocycles. The second-order valence-electron chi connectivity index (χ2n) is 2.37. The molecular formula is C7H15NO4. The van der Waals surface area contributed by atoms with Gasteiger partial charge in [0.1, 0.15) is 6.04 Å². The Morgan fingerprint density at radius 2 is 2.25 bits per heavy atom. The van der Waals surface area contributed by atoms with Crippen molar-refractivity contribution in [3.8, 4) is 0 Å². The summed E-state index contributed by atoms with van der Waals surface area (Å²) in [5, 5.41) is 8.36. The van der Waals surface area contributed by atoms with Crippen LogP contribution >= 0.6 is 0 Å². The second-order valence-corrected chi connectivity index (χ2v) is 2.37. The predicted molar refractivity (Wildman–Crippen MR) is 42.9 cm³/mol. The Balaban J connectivity index is 3.14. The van der Waals surface area contributed by atoms with E-state index in [0.717, 1.165) is 6.42 Å². The quantitative estimate of drug-likeness (QED) is 0.510. The van der Waals surface area contributed by atoms with Crippen molar-refractivity contribution in [2.24, 2.45) is 5.73 Å². The van der Waals surface area contributed by atoms with Gasteiger partial charge in [0.05, 0.1) is 6.61 Å². The average Bonchev–Trinajstić information content (AvgIpc) is 2.03. The van der Waals surface area contributed by atoms with Crippen LogP contribution in [-0.2, 0) is 14.3 Å². The fourth-order valence-electron chi connectivity index (χ4n) is 0.587. The normalized spacial score (nSPS) is 12.8. The zero-order valence-corrected chi connectivity index (χ0v) is 7.16. The number of hydrogen-bond acceptors (Lipinski definition) is 4. The molecule has 12 heavy (non-hydrogen) atoms. The summed E-state index contributed by atoms with van der Waals surface area (Å²) < 4.78 is 9.74. The molecule has 0 amide bonds. The molecule has 0 radical (unpaired) electrons. The van der Waals surface area contributed by atoms with E-state index in [2.05, 4.69) is 0 Å². The van der Waals surface area contributed by atoms with Gasteiger partial charge in [0, 0.05) is 20.3 Å². The van der Waals surface area contributed by atoms with Crippen molar-refractivity contribution >= 4 is 5.97 Å². The van der Waals surface area contributed by atoms with Crippen LogP contribution in [0.15, 0.2) is 0 Å². The van der Waals surface area contributed by atoms with Gasteiger partial charge in [-0.15, -0.1) is 0 Å². The minimum Gasteiger partial charge on any atom is -0.480 e. The molecule has 0 aliphatic heterocycles. The highest BCUT2D eigenvalue weighted by molar-refractivity contribution is 5.73. The third-order valence-corrected chi connectivity index (χ3v) is 1.25. The summed E-state index contributed by atoms with van der Waals surface area (Å²) >= 11 is 0.